The van der Waals surface area contributed by atoms with Crippen molar-refractivity contribution >= 4 is 21.5 Å². The van der Waals surface area contributed by atoms with Crippen LogP contribution in [0.3, 0.4) is 0 Å². The van der Waals surface area contributed by atoms with E-state index >= 15 is 0 Å². The van der Waals surface area contributed by atoms with Gasteiger partial charge in [-0.05, 0) is 74.2 Å². The maximum atomic E-state index is 9.05. The summed E-state index contributed by atoms with van der Waals surface area (Å²) in [7, 11) is 0. The quantitative estimate of drug-likeness (QED) is 0.277. The molecule has 8 heteroatoms. The Labute approximate surface area is 229 Å². The Bertz CT molecular complexity index is 1190. The molecule has 0 radical (unpaired) electrons. The van der Waals surface area contributed by atoms with Crippen molar-refractivity contribution in [3.63, 3.8) is 0 Å². The van der Waals surface area contributed by atoms with E-state index in [4.69, 9.17) is 24.5 Å². The van der Waals surface area contributed by atoms with Crippen molar-refractivity contribution in [3.05, 3.63) is 54.1 Å². The highest BCUT2D eigenvalue weighted by Gasteiger charge is 2.24. The van der Waals surface area contributed by atoms with Gasteiger partial charge in [0.05, 0.1) is 24.8 Å². The molecule has 0 bridgehead atoms. The van der Waals surface area contributed by atoms with Gasteiger partial charge >= 0.3 is 0 Å². The number of rotatable bonds is 10. The fourth-order valence-corrected chi connectivity index (χ4v) is 6.00. The van der Waals surface area contributed by atoms with Gasteiger partial charge in [0.2, 0.25) is 6.29 Å². The Morgan fingerprint density at radius 1 is 0.921 bits per heavy atom. The molecule has 2 saturated heterocycles. The van der Waals surface area contributed by atoms with Gasteiger partial charge in [-0.25, -0.2) is 4.98 Å². The molecule has 3 heterocycles. The number of unbranched alkanes of at least 4 members (excludes halogenated alkanes) is 1. The first kappa shape index (κ1) is 26.3. The third-order valence-electron chi connectivity index (χ3n) is 6.96. The SMILES string of the molecule is CCCCC(Oc1ccc(C#N)cc1)Oc1ccc(-c2nc(N3CCCCC3)sc2N2CCOCC2)cc1. The van der Waals surface area contributed by atoms with Crippen molar-refractivity contribution in [2.75, 3.05) is 49.2 Å². The highest BCUT2D eigenvalue weighted by atomic mass is 32.1. The lowest BCUT2D eigenvalue weighted by molar-refractivity contribution is -0.00211. The average Bonchev–Trinajstić information content (AvgIpc) is 3.43. The van der Waals surface area contributed by atoms with Crippen LogP contribution in [0.5, 0.6) is 11.5 Å². The highest BCUT2D eigenvalue weighted by molar-refractivity contribution is 7.20. The zero-order valence-electron chi connectivity index (χ0n) is 22.1. The van der Waals surface area contributed by atoms with Gasteiger partial charge in [0.25, 0.3) is 0 Å². The molecular formula is C30H36N4O3S. The maximum Gasteiger partial charge on any atom is 0.241 e. The van der Waals surface area contributed by atoms with Crippen LogP contribution in [-0.4, -0.2) is 50.7 Å². The largest absolute Gasteiger partial charge is 0.455 e. The Morgan fingerprint density at radius 2 is 1.58 bits per heavy atom. The summed E-state index contributed by atoms with van der Waals surface area (Å²) in [6.45, 7) is 7.61. The van der Waals surface area contributed by atoms with Crippen LogP contribution < -0.4 is 19.3 Å². The van der Waals surface area contributed by atoms with Crippen LogP contribution in [0.25, 0.3) is 11.3 Å². The summed E-state index contributed by atoms with van der Waals surface area (Å²) < 4.78 is 18.0. The normalized spacial score (nSPS) is 16.6. The zero-order chi connectivity index (χ0) is 26.2. The molecule has 0 amide bonds. The van der Waals surface area contributed by atoms with E-state index in [1.807, 2.05) is 35.6 Å². The minimum atomic E-state index is -0.400. The molecule has 2 aliphatic heterocycles. The second kappa shape index (κ2) is 13.0. The molecule has 1 unspecified atom stereocenters. The number of benzene rings is 2. The first-order valence-corrected chi connectivity index (χ1v) is 14.6. The lowest BCUT2D eigenvalue weighted by Gasteiger charge is -2.28. The third-order valence-corrected chi connectivity index (χ3v) is 8.14. The molecule has 2 aromatic carbocycles. The van der Waals surface area contributed by atoms with Crippen LogP contribution in [0.2, 0.25) is 0 Å². The second-order valence-corrected chi connectivity index (χ2v) is 10.7. The number of nitriles is 1. The van der Waals surface area contributed by atoms with Crippen molar-refractivity contribution < 1.29 is 14.2 Å². The van der Waals surface area contributed by atoms with Gasteiger partial charge in [-0.2, -0.15) is 5.26 Å². The molecule has 0 spiro atoms. The molecule has 5 rings (SSSR count). The minimum absolute atomic E-state index is 0.400. The van der Waals surface area contributed by atoms with E-state index in [1.165, 1.54) is 24.3 Å². The van der Waals surface area contributed by atoms with Crippen molar-refractivity contribution in [1.29, 1.82) is 5.26 Å². The van der Waals surface area contributed by atoms with Gasteiger partial charge in [0.1, 0.15) is 22.2 Å². The Morgan fingerprint density at radius 3 is 2.21 bits per heavy atom. The Hall–Kier alpha value is -3.28. The monoisotopic (exact) mass is 532 g/mol. The molecule has 1 aromatic heterocycles. The van der Waals surface area contributed by atoms with E-state index in [0.717, 1.165) is 80.8 Å². The first-order chi connectivity index (χ1) is 18.7. The zero-order valence-corrected chi connectivity index (χ0v) is 22.9. The van der Waals surface area contributed by atoms with E-state index < -0.39 is 6.29 Å². The summed E-state index contributed by atoms with van der Waals surface area (Å²) in [5.41, 5.74) is 2.75. The number of piperidine rings is 1. The molecule has 0 aliphatic carbocycles. The highest BCUT2D eigenvalue weighted by Crippen LogP contribution is 2.41. The van der Waals surface area contributed by atoms with Gasteiger partial charge in [-0.1, -0.05) is 24.7 Å². The summed E-state index contributed by atoms with van der Waals surface area (Å²) in [6.07, 6.45) is 6.21. The maximum absolute atomic E-state index is 9.05. The van der Waals surface area contributed by atoms with E-state index in [-0.39, 0.29) is 0 Å². The predicted molar refractivity (Wildman–Crippen MR) is 152 cm³/mol. The molecule has 2 fully saturated rings. The first-order valence-electron chi connectivity index (χ1n) is 13.8. The number of hydrogen-bond acceptors (Lipinski definition) is 8. The van der Waals surface area contributed by atoms with Crippen LogP contribution in [-0.2, 0) is 4.74 Å². The Kier molecular flexibility index (Phi) is 9.00. The van der Waals surface area contributed by atoms with Crippen LogP contribution in [0.1, 0.15) is 51.0 Å². The molecule has 0 saturated carbocycles. The van der Waals surface area contributed by atoms with E-state index in [2.05, 4.69) is 34.9 Å². The smallest absolute Gasteiger partial charge is 0.241 e. The van der Waals surface area contributed by atoms with E-state index in [0.29, 0.717) is 11.3 Å². The fourth-order valence-electron chi connectivity index (χ4n) is 4.81. The average molecular weight is 533 g/mol. The van der Waals surface area contributed by atoms with Gasteiger partial charge in [0, 0.05) is 38.2 Å². The summed E-state index contributed by atoms with van der Waals surface area (Å²) in [6, 6.07) is 17.5. The number of anilines is 2. The van der Waals surface area contributed by atoms with Crippen LogP contribution >= 0.6 is 11.3 Å². The number of aromatic nitrogens is 1. The lowest BCUT2D eigenvalue weighted by atomic mass is 10.1. The molecule has 0 N–H and O–H groups in total. The predicted octanol–water partition coefficient (Wildman–Crippen LogP) is 6.48. The topological polar surface area (TPSA) is 70.9 Å². The van der Waals surface area contributed by atoms with Crippen molar-refractivity contribution in [3.8, 4) is 28.8 Å². The minimum Gasteiger partial charge on any atom is -0.455 e. The molecule has 200 valence electrons. The third kappa shape index (κ3) is 6.58. The molecule has 2 aliphatic rings. The van der Waals surface area contributed by atoms with Gasteiger partial charge < -0.3 is 24.0 Å². The van der Waals surface area contributed by atoms with E-state index in [1.54, 1.807) is 12.1 Å². The summed E-state index contributed by atoms with van der Waals surface area (Å²) in [4.78, 5) is 10.0. The Balaban J connectivity index is 1.34. The second-order valence-electron chi connectivity index (χ2n) is 9.77. The standard InChI is InChI=1S/C30H36N4O3S/c1-2-3-7-27(36-25-12-8-23(22-31)9-13-25)37-26-14-10-24(11-15-26)28-29(33-18-20-35-21-19-33)38-30(32-28)34-16-5-4-6-17-34/h8-15,27H,2-7,16-21H2,1H3. The van der Waals surface area contributed by atoms with Crippen molar-refractivity contribution in [1.82, 2.24) is 4.98 Å². The lowest BCUT2D eigenvalue weighted by Crippen LogP contribution is -2.36. The van der Waals surface area contributed by atoms with Crippen LogP contribution in [0, 0.1) is 11.3 Å². The fraction of sp³-hybridized carbons (Fsp3) is 0.467. The van der Waals surface area contributed by atoms with Crippen molar-refractivity contribution in [2.45, 2.75) is 51.7 Å². The van der Waals surface area contributed by atoms with Crippen molar-refractivity contribution in [2.24, 2.45) is 0 Å². The van der Waals surface area contributed by atoms with Gasteiger partial charge in [0.15, 0.2) is 5.13 Å². The number of morpholine rings is 1. The van der Waals surface area contributed by atoms with Gasteiger partial charge in [-0.15, -0.1) is 0 Å². The molecule has 1 atom stereocenters. The number of nitrogens with zero attached hydrogens (tertiary/aromatic N) is 4. The van der Waals surface area contributed by atoms with Crippen LogP contribution in [0.15, 0.2) is 48.5 Å². The molecule has 7 nitrogen and oxygen atoms in total. The molecular weight excluding hydrogens is 496 g/mol. The summed E-state index contributed by atoms with van der Waals surface area (Å²) in [5, 5.41) is 11.4. The van der Waals surface area contributed by atoms with E-state index in [9.17, 15) is 0 Å². The number of ether oxygens (including phenoxy) is 3. The number of thiazole rings is 1. The summed E-state index contributed by atoms with van der Waals surface area (Å²) >= 11 is 1.81. The van der Waals surface area contributed by atoms with Gasteiger partial charge in [-0.3, -0.25) is 0 Å². The molecule has 38 heavy (non-hydrogen) atoms. The summed E-state index contributed by atoms with van der Waals surface area (Å²) in [5.74, 6) is 1.47. The molecule has 3 aromatic rings. The number of hydrogen-bond donors (Lipinski definition) is 0. The van der Waals surface area contributed by atoms with Crippen LogP contribution in [0.4, 0.5) is 10.1 Å².